The van der Waals surface area contributed by atoms with Gasteiger partial charge in [0.2, 0.25) is 5.91 Å². The summed E-state index contributed by atoms with van der Waals surface area (Å²) in [6.07, 6.45) is 6.23. The van der Waals surface area contributed by atoms with Crippen LogP contribution in [0.5, 0.6) is 0 Å². The van der Waals surface area contributed by atoms with Gasteiger partial charge in [0.15, 0.2) is 0 Å². The van der Waals surface area contributed by atoms with Crippen molar-refractivity contribution in [3.05, 3.63) is 29.8 Å². The van der Waals surface area contributed by atoms with Crippen LogP contribution < -0.4 is 16.0 Å². The third kappa shape index (κ3) is 9.28. The molecule has 1 unspecified atom stereocenters. The van der Waals surface area contributed by atoms with Crippen molar-refractivity contribution in [3.8, 4) is 0 Å². The zero-order valence-corrected chi connectivity index (χ0v) is 22.7. The Labute approximate surface area is 218 Å². The predicted molar refractivity (Wildman–Crippen MR) is 147 cm³/mol. The van der Waals surface area contributed by atoms with Crippen LogP contribution >= 0.6 is 0 Å². The minimum Gasteiger partial charge on any atom is -0.388 e. The highest BCUT2D eigenvalue weighted by molar-refractivity contribution is 5.76. The fourth-order valence-corrected chi connectivity index (χ4v) is 5.27. The van der Waals surface area contributed by atoms with E-state index in [4.69, 9.17) is 0 Å². The van der Waals surface area contributed by atoms with Gasteiger partial charge in [-0.15, -0.1) is 0 Å². The molecule has 2 aliphatic heterocycles. The van der Waals surface area contributed by atoms with E-state index >= 15 is 0 Å². The van der Waals surface area contributed by atoms with Crippen LogP contribution in [0.1, 0.15) is 57.9 Å². The van der Waals surface area contributed by atoms with E-state index in [-0.39, 0.29) is 24.0 Å². The molecule has 3 amide bonds. The van der Waals surface area contributed by atoms with Crippen LogP contribution in [0.25, 0.3) is 0 Å². The van der Waals surface area contributed by atoms with Crippen LogP contribution in [0, 0.1) is 0 Å². The molecule has 1 aromatic carbocycles. The number of hydrogen-bond acceptors (Lipinski definition) is 5. The van der Waals surface area contributed by atoms with E-state index in [1.807, 2.05) is 18.9 Å². The monoisotopic (exact) mass is 500 g/mol. The molecule has 202 valence electrons. The number of nitrogens with zero attached hydrogens (tertiary/aromatic N) is 3. The number of piperazine rings is 1. The summed E-state index contributed by atoms with van der Waals surface area (Å²) >= 11 is 0. The van der Waals surface area contributed by atoms with Crippen LogP contribution in [0.3, 0.4) is 0 Å². The van der Waals surface area contributed by atoms with Crippen molar-refractivity contribution in [3.63, 3.8) is 0 Å². The largest absolute Gasteiger partial charge is 0.388 e. The number of benzene rings is 1. The van der Waals surface area contributed by atoms with Crippen LogP contribution in [0.15, 0.2) is 24.3 Å². The Morgan fingerprint density at radius 1 is 0.917 bits per heavy atom. The molecule has 3 N–H and O–H groups in total. The van der Waals surface area contributed by atoms with Crippen molar-refractivity contribution in [2.24, 2.45) is 0 Å². The first kappa shape index (κ1) is 28.3. The molecule has 8 heteroatoms. The maximum absolute atomic E-state index is 12.9. The fourth-order valence-electron chi connectivity index (χ4n) is 5.27. The normalized spacial score (nSPS) is 18.6. The second-order valence-corrected chi connectivity index (χ2v) is 10.3. The molecule has 2 saturated heterocycles. The Balaban J connectivity index is 1.49. The van der Waals surface area contributed by atoms with Gasteiger partial charge in [0, 0.05) is 77.1 Å². The summed E-state index contributed by atoms with van der Waals surface area (Å²) in [4.78, 5) is 31.9. The first-order valence-corrected chi connectivity index (χ1v) is 14.1. The highest BCUT2D eigenvalue weighted by atomic mass is 16.2. The van der Waals surface area contributed by atoms with E-state index in [0.29, 0.717) is 6.42 Å². The van der Waals surface area contributed by atoms with Gasteiger partial charge in [-0.25, -0.2) is 4.79 Å². The Morgan fingerprint density at radius 3 is 2.14 bits per heavy atom. The highest BCUT2D eigenvalue weighted by Gasteiger charge is 2.24. The average Bonchev–Trinajstić information content (AvgIpc) is 2.91. The van der Waals surface area contributed by atoms with Crippen molar-refractivity contribution >= 4 is 17.6 Å². The summed E-state index contributed by atoms with van der Waals surface area (Å²) in [6, 6.07) is 8.74. The number of carbonyl (C=O) groups is 2. The second kappa shape index (κ2) is 15.1. The smallest absolute Gasteiger partial charge is 0.315 e. The van der Waals surface area contributed by atoms with E-state index in [1.54, 1.807) is 0 Å². The molecule has 3 rings (SSSR count). The Kier molecular flexibility index (Phi) is 11.8. The Morgan fingerprint density at radius 2 is 1.56 bits per heavy atom. The molecule has 2 fully saturated rings. The molecule has 1 aromatic rings. The molecule has 0 spiro atoms. The van der Waals surface area contributed by atoms with Crippen LogP contribution in [-0.2, 0) is 11.2 Å². The number of likely N-dealkylation sites (tertiary alicyclic amines) is 1. The van der Waals surface area contributed by atoms with E-state index < -0.39 is 0 Å². The van der Waals surface area contributed by atoms with E-state index in [2.05, 4.69) is 56.9 Å². The van der Waals surface area contributed by atoms with E-state index in [1.165, 1.54) is 18.5 Å². The van der Waals surface area contributed by atoms with E-state index in [9.17, 15) is 9.59 Å². The maximum atomic E-state index is 12.9. The molecule has 0 aliphatic carbocycles. The van der Waals surface area contributed by atoms with Crippen LogP contribution in [-0.4, -0.2) is 98.1 Å². The summed E-state index contributed by atoms with van der Waals surface area (Å²) < 4.78 is 0. The average molecular weight is 501 g/mol. The summed E-state index contributed by atoms with van der Waals surface area (Å²) in [6.45, 7) is 12.3. The fraction of sp³-hybridized carbons (Fsp3) is 0.714. The van der Waals surface area contributed by atoms with Gasteiger partial charge in [-0.1, -0.05) is 26.0 Å². The van der Waals surface area contributed by atoms with E-state index in [0.717, 1.165) is 83.6 Å². The number of aryl methyl sites for hydroxylation is 1. The van der Waals surface area contributed by atoms with Gasteiger partial charge < -0.3 is 30.7 Å². The lowest BCUT2D eigenvalue weighted by Crippen LogP contribution is -2.52. The molecular formula is C28H48N6O2. The topological polar surface area (TPSA) is 80.0 Å². The molecule has 8 nitrogen and oxygen atoms in total. The quantitative estimate of drug-likeness (QED) is 0.411. The van der Waals surface area contributed by atoms with Crippen LogP contribution in [0.4, 0.5) is 10.5 Å². The lowest BCUT2D eigenvalue weighted by Gasteiger charge is -2.35. The number of carbonyl (C=O) groups excluding carboxylic acids is 2. The lowest BCUT2D eigenvalue weighted by molar-refractivity contribution is -0.131. The van der Waals surface area contributed by atoms with Gasteiger partial charge in [-0.05, 0) is 62.8 Å². The molecular weight excluding hydrogens is 452 g/mol. The van der Waals surface area contributed by atoms with Gasteiger partial charge in [0.05, 0.1) is 0 Å². The standard InChI is InChI=1S/C28H48N6O2/c1-4-15-32-19-21-33(22-20-32)16-12-25(11-8-23-6-9-24(29-3)10-7-23)30-28(36)31-26-13-17-34(18-14-26)27(35)5-2/h6-7,9-10,25-26,29H,4-5,8,11-22H2,1-3H3,(H2,30,31,36). The number of rotatable bonds is 12. The number of hydrogen-bond donors (Lipinski definition) is 3. The lowest BCUT2D eigenvalue weighted by atomic mass is 10.0. The number of piperidine rings is 1. The van der Waals surface area contributed by atoms with Crippen molar-refractivity contribution in [1.82, 2.24) is 25.3 Å². The van der Waals surface area contributed by atoms with Gasteiger partial charge in [-0.2, -0.15) is 0 Å². The molecule has 2 heterocycles. The summed E-state index contributed by atoms with van der Waals surface area (Å²) in [5, 5.41) is 9.64. The predicted octanol–water partition coefficient (Wildman–Crippen LogP) is 3.15. The first-order chi connectivity index (χ1) is 17.5. The van der Waals surface area contributed by atoms with Crippen LogP contribution in [0.2, 0.25) is 0 Å². The van der Waals surface area contributed by atoms with Crippen molar-refractivity contribution < 1.29 is 9.59 Å². The molecule has 0 radical (unpaired) electrons. The molecule has 1 atom stereocenters. The molecule has 2 aliphatic rings. The Hall–Kier alpha value is -2.32. The molecule has 36 heavy (non-hydrogen) atoms. The summed E-state index contributed by atoms with van der Waals surface area (Å²) in [5.41, 5.74) is 2.41. The number of anilines is 1. The number of nitrogens with one attached hydrogen (secondary N) is 3. The van der Waals surface area contributed by atoms with Gasteiger partial charge in [-0.3, -0.25) is 4.79 Å². The molecule has 0 aromatic heterocycles. The molecule has 0 bridgehead atoms. The van der Waals surface area contributed by atoms with Gasteiger partial charge >= 0.3 is 6.03 Å². The first-order valence-electron chi connectivity index (χ1n) is 14.1. The third-order valence-corrected chi connectivity index (χ3v) is 7.64. The minimum absolute atomic E-state index is 0.0708. The Bertz CT molecular complexity index is 786. The summed E-state index contributed by atoms with van der Waals surface area (Å²) in [5.74, 6) is 0.205. The molecule has 0 saturated carbocycles. The van der Waals surface area contributed by atoms with Crippen molar-refractivity contribution in [2.75, 3.05) is 64.7 Å². The maximum Gasteiger partial charge on any atom is 0.315 e. The SMILES string of the molecule is CCCN1CCN(CCC(CCc2ccc(NC)cc2)NC(=O)NC2CCN(C(=O)CC)CC2)CC1. The highest BCUT2D eigenvalue weighted by Crippen LogP contribution is 2.14. The van der Waals surface area contributed by atoms with Gasteiger partial charge in [0.25, 0.3) is 0 Å². The zero-order chi connectivity index (χ0) is 25.8. The number of amides is 3. The second-order valence-electron chi connectivity index (χ2n) is 10.3. The third-order valence-electron chi connectivity index (χ3n) is 7.64. The zero-order valence-electron chi connectivity index (χ0n) is 22.7. The number of urea groups is 1. The minimum atomic E-state index is -0.0708. The van der Waals surface area contributed by atoms with Crippen molar-refractivity contribution in [1.29, 1.82) is 0 Å². The summed E-state index contributed by atoms with van der Waals surface area (Å²) in [7, 11) is 1.93. The van der Waals surface area contributed by atoms with Crippen molar-refractivity contribution in [2.45, 2.75) is 70.9 Å². The van der Waals surface area contributed by atoms with Gasteiger partial charge in [0.1, 0.15) is 0 Å².